The first-order valence-corrected chi connectivity index (χ1v) is 9.01. The lowest BCUT2D eigenvalue weighted by Crippen LogP contribution is -2.39. The topological polar surface area (TPSA) is 46.6 Å². The number of carbonyl (C=O) groups is 2. The van der Waals surface area contributed by atoms with Crippen molar-refractivity contribution in [1.82, 2.24) is 4.90 Å². The first-order chi connectivity index (χ1) is 11.6. The normalized spacial score (nSPS) is 15.0. The summed E-state index contributed by atoms with van der Waals surface area (Å²) in [5.41, 5.74) is 3.03. The SMILES string of the molecule is CCC(=O)c1cc(C)c(Cl)cc1C1=CCN(C(=O)OC(C)(C)C)CC1. The molecule has 1 aromatic carbocycles. The summed E-state index contributed by atoms with van der Waals surface area (Å²) in [5, 5.41) is 0.651. The number of ether oxygens (including phenoxy) is 1. The second-order valence-electron chi connectivity index (χ2n) is 7.33. The van der Waals surface area contributed by atoms with E-state index in [4.69, 9.17) is 16.3 Å². The molecule has 0 radical (unpaired) electrons. The van der Waals surface area contributed by atoms with Gasteiger partial charge in [-0.1, -0.05) is 24.6 Å². The van der Waals surface area contributed by atoms with Crippen LogP contribution in [-0.4, -0.2) is 35.5 Å². The molecule has 0 atom stereocenters. The average Bonchev–Trinajstić information content (AvgIpc) is 2.54. The van der Waals surface area contributed by atoms with Crippen molar-refractivity contribution in [3.63, 3.8) is 0 Å². The molecule has 25 heavy (non-hydrogen) atoms. The van der Waals surface area contributed by atoms with Gasteiger partial charge in [0, 0.05) is 30.1 Å². The molecule has 0 N–H and O–H groups in total. The van der Waals surface area contributed by atoms with E-state index in [1.807, 2.05) is 52.8 Å². The summed E-state index contributed by atoms with van der Waals surface area (Å²) in [7, 11) is 0. The fraction of sp³-hybridized carbons (Fsp3) is 0.500. The third-order valence-corrected chi connectivity index (χ3v) is 4.53. The van der Waals surface area contributed by atoms with Gasteiger partial charge in [-0.2, -0.15) is 0 Å². The van der Waals surface area contributed by atoms with Gasteiger partial charge in [-0.05, 0) is 62.9 Å². The zero-order valence-corrected chi connectivity index (χ0v) is 16.4. The molecular weight excluding hydrogens is 338 g/mol. The van der Waals surface area contributed by atoms with Crippen molar-refractivity contribution in [2.24, 2.45) is 0 Å². The lowest BCUT2D eigenvalue weighted by Gasteiger charge is -2.30. The third kappa shape index (κ3) is 4.85. The summed E-state index contributed by atoms with van der Waals surface area (Å²) in [4.78, 5) is 26.2. The highest BCUT2D eigenvalue weighted by Gasteiger charge is 2.25. The van der Waals surface area contributed by atoms with Crippen LogP contribution in [0.5, 0.6) is 0 Å². The average molecular weight is 364 g/mol. The molecule has 0 aliphatic carbocycles. The molecular formula is C20H26ClNO3. The Kier molecular flexibility index (Phi) is 5.94. The smallest absolute Gasteiger partial charge is 0.410 e. The predicted octanol–water partition coefficient (Wildman–Crippen LogP) is 5.27. The number of nitrogens with zero attached hydrogens (tertiary/aromatic N) is 1. The van der Waals surface area contributed by atoms with Gasteiger partial charge >= 0.3 is 6.09 Å². The number of Topliss-reactive ketones (excluding diaryl/α,β-unsaturated/α-hetero) is 1. The summed E-state index contributed by atoms with van der Waals surface area (Å²) in [6, 6.07) is 3.74. The summed E-state index contributed by atoms with van der Waals surface area (Å²) in [6.07, 6.45) is 2.80. The maximum absolute atomic E-state index is 12.3. The number of hydrogen-bond acceptors (Lipinski definition) is 3. The molecule has 0 saturated heterocycles. The van der Waals surface area contributed by atoms with Crippen LogP contribution >= 0.6 is 11.6 Å². The minimum atomic E-state index is -0.508. The zero-order chi connectivity index (χ0) is 18.8. The molecule has 1 heterocycles. The van der Waals surface area contributed by atoms with Gasteiger partial charge in [0.05, 0.1) is 0 Å². The van der Waals surface area contributed by atoms with E-state index in [1.165, 1.54) is 0 Å². The standard InChI is InChI=1S/C20H26ClNO3/c1-6-18(23)16-11-13(2)17(21)12-15(16)14-7-9-22(10-8-14)19(24)25-20(3,4)5/h7,11-12H,6,8-10H2,1-5H3. The second-order valence-corrected chi connectivity index (χ2v) is 7.74. The molecule has 0 saturated carbocycles. The molecule has 1 aliphatic heterocycles. The van der Waals surface area contributed by atoms with Crippen molar-refractivity contribution < 1.29 is 14.3 Å². The fourth-order valence-electron chi connectivity index (χ4n) is 2.77. The van der Waals surface area contributed by atoms with Crippen LogP contribution in [0.1, 0.15) is 62.0 Å². The molecule has 0 fully saturated rings. The molecule has 0 spiro atoms. The van der Waals surface area contributed by atoms with E-state index in [0.717, 1.165) is 16.7 Å². The van der Waals surface area contributed by atoms with Crippen LogP contribution in [0.2, 0.25) is 5.02 Å². The molecule has 0 unspecified atom stereocenters. The molecule has 5 heteroatoms. The van der Waals surface area contributed by atoms with Gasteiger partial charge in [-0.25, -0.2) is 4.79 Å². The minimum Gasteiger partial charge on any atom is -0.444 e. The molecule has 136 valence electrons. The van der Waals surface area contributed by atoms with Gasteiger partial charge in [0.2, 0.25) is 0 Å². The summed E-state index contributed by atoms with van der Waals surface area (Å²) < 4.78 is 5.41. The number of rotatable bonds is 3. The monoisotopic (exact) mass is 363 g/mol. The Morgan fingerprint density at radius 1 is 1.28 bits per heavy atom. The van der Waals surface area contributed by atoms with Gasteiger partial charge in [-0.15, -0.1) is 0 Å². The molecule has 1 aromatic rings. The van der Waals surface area contributed by atoms with Crippen molar-refractivity contribution in [1.29, 1.82) is 0 Å². The predicted molar refractivity (Wildman–Crippen MR) is 101 cm³/mol. The highest BCUT2D eigenvalue weighted by molar-refractivity contribution is 6.31. The number of benzene rings is 1. The molecule has 0 bridgehead atoms. The van der Waals surface area contributed by atoms with Crippen molar-refractivity contribution in [2.75, 3.05) is 13.1 Å². The van der Waals surface area contributed by atoms with Crippen molar-refractivity contribution in [2.45, 2.75) is 53.1 Å². The van der Waals surface area contributed by atoms with E-state index in [2.05, 4.69) is 0 Å². The van der Waals surface area contributed by atoms with Gasteiger partial charge in [-0.3, -0.25) is 4.79 Å². The van der Waals surface area contributed by atoms with Crippen LogP contribution in [0.3, 0.4) is 0 Å². The molecule has 1 aliphatic rings. The largest absolute Gasteiger partial charge is 0.444 e. The van der Waals surface area contributed by atoms with Gasteiger partial charge in [0.25, 0.3) is 0 Å². The Bertz CT molecular complexity index is 716. The Labute approximate surface area is 154 Å². The van der Waals surface area contributed by atoms with Crippen molar-refractivity contribution in [3.05, 3.63) is 39.9 Å². The number of amides is 1. The van der Waals surface area contributed by atoms with Gasteiger partial charge < -0.3 is 9.64 Å². The first kappa shape index (κ1) is 19.5. The first-order valence-electron chi connectivity index (χ1n) is 8.63. The van der Waals surface area contributed by atoms with Crippen LogP contribution in [-0.2, 0) is 4.74 Å². The molecule has 2 rings (SSSR count). The fourth-order valence-corrected chi connectivity index (χ4v) is 2.94. The summed E-state index contributed by atoms with van der Waals surface area (Å²) in [6.45, 7) is 10.3. The number of halogens is 1. The molecule has 1 amide bonds. The number of aryl methyl sites for hydroxylation is 1. The van der Waals surface area contributed by atoms with E-state index in [0.29, 0.717) is 36.5 Å². The summed E-state index contributed by atoms with van der Waals surface area (Å²) in [5.74, 6) is 0.102. The number of hydrogen-bond donors (Lipinski definition) is 0. The van der Waals surface area contributed by atoms with E-state index in [-0.39, 0.29) is 11.9 Å². The van der Waals surface area contributed by atoms with Gasteiger partial charge in [0.1, 0.15) is 5.60 Å². The Morgan fingerprint density at radius 3 is 2.48 bits per heavy atom. The lowest BCUT2D eigenvalue weighted by molar-refractivity contribution is 0.0270. The second kappa shape index (κ2) is 7.61. The maximum atomic E-state index is 12.3. The van der Waals surface area contributed by atoms with E-state index in [9.17, 15) is 9.59 Å². The Balaban J connectivity index is 2.25. The molecule has 4 nitrogen and oxygen atoms in total. The van der Waals surface area contributed by atoms with E-state index >= 15 is 0 Å². The highest BCUT2D eigenvalue weighted by Crippen LogP contribution is 2.31. The van der Waals surface area contributed by atoms with Crippen LogP contribution in [0.4, 0.5) is 4.79 Å². The Morgan fingerprint density at radius 2 is 1.96 bits per heavy atom. The minimum absolute atomic E-state index is 0.102. The lowest BCUT2D eigenvalue weighted by atomic mass is 9.91. The zero-order valence-electron chi connectivity index (χ0n) is 15.6. The number of carbonyl (C=O) groups excluding carboxylic acids is 2. The van der Waals surface area contributed by atoms with Crippen molar-refractivity contribution >= 4 is 29.1 Å². The third-order valence-electron chi connectivity index (χ3n) is 4.13. The van der Waals surface area contributed by atoms with Crippen LogP contribution in [0.15, 0.2) is 18.2 Å². The van der Waals surface area contributed by atoms with Crippen LogP contribution in [0.25, 0.3) is 5.57 Å². The van der Waals surface area contributed by atoms with Crippen molar-refractivity contribution in [3.8, 4) is 0 Å². The number of ketones is 1. The van der Waals surface area contributed by atoms with Gasteiger partial charge in [0.15, 0.2) is 5.78 Å². The van der Waals surface area contributed by atoms with E-state index in [1.54, 1.807) is 4.90 Å². The highest BCUT2D eigenvalue weighted by atomic mass is 35.5. The molecule has 0 aromatic heterocycles. The van der Waals surface area contributed by atoms with Crippen LogP contribution in [0, 0.1) is 6.92 Å². The van der Waals surface area contributed by atoms with Crippen LogP contribution < -0.4 is 0 Å². The quantitative estimate of drug-likeness (QED) is 0.687. The maximum Gasteiger partial charge on any atom is 0.410 e. The summed E-state index contributed by atoms with van der Waals surface area (Å²) >= 11 is 6.28. The van der Waals surface area contributed by atoms with E-state index < -0.39 is 5.60 Å². The Hall–Kier alpha value is -1.81.